The summed E-state index contributed by atoms with van der Waals surface area (Å²) in [5, 5.41) is 7.15. The van der Waals surface area contributed by atoms with Gasteiger partial charge in [-0.2, -0.15) is 0 Å². The van der Waals surface area contributed by atoms with Gasteiger partial charge < -0.3 is 10.6 Å². The first-order chi connectivity index (χ1) is 8.56. The van der Waals surface area contributed by atoms with Gasteiger partial charge in [0.05, 0.1) is 0 Å². The fraction of sp³-hybridized carbons (Fsp3) is 0.533. The van der Waals surface area contributed by atoms with Gasteiger partial charge in [-0.1, -0.05) is 32.9 Å². The first-order valence-corrected chi connectivity index (χ1v) is 7.15. The van der Waals surface area contributed by atoms with Crippen LogP contribution in [0.2, 0.25) is 0 Å². The molecular weight excluding hydrogens is 240 g/mol. The van der Waals surface area contributed by atoms with E-state index in [9.17, 15) is 0 Å². The summed E-state index contributed by atoms with van der Waals surface area (Å²) in [6, 6.07) is 8.92. The van der Waals surface area contributed by atoms with E-state index in [1.165, 1.54) is 12.0 Å². The molecule has 0 spiro atoms. The molecule has 0 aliphatic rings. The molecule has 0 fully saturated rings. The highest BCUT2D eigenvalue weighted by atomic mass is 32.1. The zero-order chi connectivity index (χ0) is 13.5. The molecule has 2 N–H and O–H groups in total. The van der Waals surface area contributed by atoms with Crippen LogP contribution in [0.5, 0.6) is 0 Å². The van der Waals surface area contributed by atoms with Gasteiger partial charge in [0.15, 0.2) is 5.11 Å². The predicted octanol–water partition coefficient (Wildman–Crippen LogP) is 4.29. The van der Waals surface area contributed by atoms with Crippen LogP contribution in [0.4, 0.5) is 5.69 Å². The van der Waals surface area contributed by atoms with Gasteiger partial charge in [-0.3, -0.25) is 0 Å². The first kappa shape index (κ1) is 15.0. The maximum atomic E-state index is 5.26. The summed E-state index contributed by atoms with van der Waals surface area (Å²) in [5.41, 5.74) is 2.42. The average Bonchev–Trinajstić information content (AvgIpc) is 2.38. The van der Waals surface area contributed by atoms with E-state index in [2.05, 4.69) is 62.6 Å². The molecule has 18 heavy (non-hydrogen) atoms. The third kappa shape index (κ3) is 4.65. The molecule has 2 nitrogen and oxygen atoms in total. The highest BCUT2D eigenvalue weighted by Crippen LogP contribution is 2.20. The molecule has 0 aromatic heterocycles. The summed E-state index contributed by atoms with van der Waals surface area (Å²) in [4.78, 5) is 0. The third-order valence-electron chi connectivity index (χ3n) is 3.34. The van der Waals surface area contributed by atoms with E-state index in [-0.39, 0.29) is 0 Å². The topological polar surface area (TPSA) is 24.1 Å². The Hall–Kier alpha value is -1.09. The quantitative estimate of drug-likeness (QED) is 0.776. The minimum absolute atomic E-state index is 0.407. The molecule has 1 aromatic carbocycles. The molecule has 0 saturated heterocycles. The maximum absolute atomic E-state index is 5.26. The summed E-state index contributed by atoms with van der Waals surface area (Å²) >= 11 is 5.26. The summed E-state index contributed by atoms with van der Waals surface area (Å²) < 4.78 is 0. The molecular formula is C15H24N2S. The van der Waals surface area contributed by atoms with Crippen molar-refractivity contribution < 1.29 is 0 Å². The molecule has 2 unspecified atom stereocenters. The Labute approximate surface area is 116 Å². The van der Waals surface area contributed by atoms with Crippen molar-refractivity contribution in [1.82, 2.24) is 5.32 Å². The largest absolute Gasteiger partial charge is 0.360 e. The van der Waals surface area contributed by atoms with Gasteiger partial charge in [-0.25, -0.2) is 0 Å². The summed E-state index contributed by atoms with van der Waals surface area (Å²) in [6.45, 7) is 8.72. The summed E-state index contributed by atoms with van der Waals surface area (Å²) in [7, 11) is 0. The fourth-order valence-corrected chi connectivity index (χ4v) is 1.94. The van der Waals surface area contributed by atoms with E-state index in [0.717, 1.165) is 12.1 Å². The van der Waals surface area contributed by atoms with Crippen LogP contribution in [0, 0.1) is 0 Å². The van der Waals surface area contributed by atoms with Crippen LogP contribution >= 0.6 is 12.2 Å². The molecule has 100 valence electrons. The monoisotopic (exact) mass is 264 g/mol. The van der Waals surface area contributed by atoms with Crippen molar-refractivity contribution in [3.8, 4) is 0 Å². The fourth-order valence-electron chi connectivity index (χ4n) is 1.62. The Morgan fingerprint density at radius 2 is 1.72 bits per heavy atom. The molecule has 1 rings (SSSR count). The molecule has 2 atom stereocenters. The second-order valence-corrected chi connectivity index (χ2v) is 5.25. The van der Waals surface area contributed by atoms with Crippen LogP contribution < -0.4 is 10.6 Å². The number of nitrogens with one attached hydrogen (secondary N) is 2. The lowest BCUT2D eigenvalue weighted by atomic mass is 9.99. The standard InChI is InChI=1S/C15H24N2S/c1-5-11(3)13-7-9-14(10-8-13)17-15(18)16-12(4)6-2/h7-12H,5-6H2,1-4H3,(H2,16,17,18). The van der Waals surface area contributed by atoms with E-state index < -0.39 is 0 Å². The molecule has 0 amide bonds. The highest BCUT2D eigenvalue weighted by Gasteiger charge is 2.04. The molecule has 0 aliphatic heterocycles. The van der Waals surface area contributed by atoms with Crippen molar-refractivity contribution in [3.05, 3.63) is 29.8 Å². The van der Waals surface area contributed by atoms with Gasteiger partial charge in [0.25, 0.3) is 0 Å². The van der Waals surface area contributed by atoms with Gasteiger partial charge in [0, 0.05) is 11.7 Å². The van der Waals surface area contributed by atoms with Crippen molar-refractivity contribution in [1.29, 1.82) is 0 Å². The second kappa shape index (κ2) is 7.37. The Kier molecular flexibility index (Phi) is 6.13. The number of anilines is 1. The number of thiocarbonyl (C=S) groups is 1. The minimum Gasteiger partial charge on any atom is -0.360 e. The van der Waals surface area contributed by atoms with Crippen molar-refractivity contribution in [2.24, 2.45) is 0 Å². The van der Waals surface area contributed by atoms with Gasteiger partial charge in [-0.15, -0.1) is 0 Å². The lowest BCUT2D eigenvalue weighted by Crippen LogP contribution is -2.35. The zero-order valence-corrected chi connectivity index (χ0v) is 12.6. The van der Waals surface area contributed by atoms with Crippen molar-refractivity contribution in [3.63, 3.8) is 0 Å². The van der Waals surface area contributed by atoms with Gasteiger partial charge >= 0.3 is 0 Å². The number of benzene rings is 1. The van der Waals surface area contributed by atoms with Crippen LogP contribution in [0.25, 0.3) is 0 Å². The van der Waals surface area contributed by atoms with Crippen LogP contribution in [0.15, 0.2) is 24.3 Å². The molecule has 3 heteroatoms. The summed E-state index contributed by atoms with van der Waals surface area (Å²) in [6.07, 6.45) is 2.23. The molecule has 0 bridgehead atoms. The Morgan fingerprint density at radius 1 is 1.11 bits per heavy atom. The second-order valence-electron chi connectivity index (χ2n) is 4.84. The normalized spacial score (nSPS) is 13.8. The Balaban J connectivity index is 2.55. The molecule has 0 saturated carbocycles. The van der Waals surface area contributed by atoms with E-state index in [1.54, 1.807) is 0 Å². The maximum Gasteiger partial charge on any atom is 0.170 e. The Bertz CT molecular complexity index is 373. The average molecular weight is 264 g/mol. The lowest BCUT2D eigenvalue weighted by Gasteiger charge is -2.16. The van der Waals surface area contributed by atoms with Gasteiger partial charge in [-0.05, 0) is 55.6 Å². The van der Waals surface area contributed by atoms with Gasteiger partial charge in [0.2, 0.25) is 0 Å². The number of rotatable bonds is 5. The SMILES string of the molecule is CCC(C)NC(=S)Nc1ccc(C(C)CC)cc1. The molecule has 0 heterocycles. The van der Waals surface area contributed by atoms with E-state index >= 15 is 0 Å². The highest BCUT2D eigenvalue weighted by molar-refractivity contribution is 7.80. The predicted molar refractivity (Wildman–Crippen MR) is 84.3 cm³/mol. The Morgan fingerprint density at radius 3 is 2.22 bits per heavy atom. The first-order valence-electron chi connectivity index (χ1n) is 6.74. The van der Waals surface area contributed by atoms with E-state index in [1.807, 2.05) is 0 Å². The van der Waals surface area contributed by atoms with Crippen LogP contribution in [0.1, 0.15) is 52.0 Å². The molecule has 0 aliphatic carbocycles. The van der Waals surface area contributed by atoms with Crippen LogP contribution in [-0.2, 0) is 0 Å². The molecule has 0 radical (unpaired) electrons. The van der Waals surface area contributed by atoms with Crippen LogP contribution in [-0.4, -0.2) is 11.2 Å². The zero-order valence-electron chi connectivity index (χ0n) is 11.8. The lowest BCUT2D eigenvalue weighted by molar-refractivity contribution is 0.646. The van der Waals surface area contributed by atoms with E-state index in [4.69, 9.17) is 12.2 Å². The molecule has 1 aromatic rings. The van der Waals surface area contributed by atoms with Gasteiger partial charge in [0.1, 0.15) is 0 Å². The minimum atomic E-state index is 0.407. The van der Waals surface area contributed by atoms with Crippen molar-refractivity contribution in [2.75, 3.05) is 5.32 Å². The summed E-state index contributed by atoms with van der Waals surface area (Å²) in [5.74, 6) is 0.615. The van der Waals surface area contributed by atoms with Crippen LogP contribution in [0.3, 0.4) is 0 Å². The van der Waals surface area contributed by atoms with Crippen molar-refractivity contribution in [2.45, 2.75) is 52.5 Å². The third-order valence-corrected chi connectivity index (χ3v) is 3.56. The number of hydrogen-bond acceptors (Lipinski definition) is 1. The smallest absolute Gasteiger partial charge is 0.170 e. The van der Waals surface area contributed by atoms with Crippen molar-refractivity contribution >= 4 is 23.0 Å². The number of hydrogen-bond donors (Lipinski definition) is 2. The van der Waals surface area contributed by atoms with E-state index in [0.29, 0.717) is 17.1 Å².